The van der Waals surface area contributed by atoms with Crippen molar-refractivity contribution in [2.24, 2.45) is 0 Å². The van der Waals surface area contributed by atoms with Crippen molar-refractivity contribution in [1.29, 1.82) is 0 Å². The number of anilines is 1. The summed E-state index contributed by atoms with van der Waals surface area (Å²) in [4.78, 5) is 10.6. The Kier molecular flexibility index (Phi) is 1.81. The van der Waals surface area contributed by atoms with E-state index in [-0.39, 0.29) is 0 Å². The van der Waals surface area contributed by atoms with Crippen molar-refractivity contribution in [2.45, 2.75) is 0 Å². The Hall–Kier alpha value is -1.36. The van der Waals surface area contributed by atoms with Gasteiger partial charge in [-0.05, 0) is 28.1 Å². The SMILES string of the molecule is Nc1cc2n[nH]c(Br)c2cc1C=O. The Balaban J connectivity index is 2.84. The Morgan fingerprint density at radius 3 is 3.00 bits per heavy atom. The second-order valence-electron chi connectivity index (χ2n) is 2.65. The molecule has 0 unspecified atom stereocenters. The predicted octanol–water partition coefficient (Wildman–Crippen LogP) is 1.72. The summed E-state index contributed by atoms with van der Waals surface area (Å²) in [6.45, 7) is 0. The summed E-state index contributed by atoms with van der Waals surface area (Å²) < 4.78 is 0.755. The van der Waals surface area contributed by atoms with Crippen LogP contribution in [-0.4, -0.2) is 16.5 Å². The van der Waals surface area contributed by atoms with E-state index in [4.69, 9.17) is 5.73 Å². The van der Waals surface area contributed by atoms with Crippen molar-refractivity contribution in [2.75, 3.05) is 5.73 Å². The lowest BCUT2D eigenvalue weighted by Crippen LogP contribution is -1.91. The number of carbonyl (C=O) groups excluding carboxylic acids is 1. The average molecular weight is 240 g/mol. The fraction of sp³-hybridized carbons (Fsp3) is 0. The van der Waals surface area contributed by atoms with Crippen LogP contribution < -0.4 is 5.73 Å². The van der Waals surface area contributed by atoms with E-state index in [9.17, 15) is 4.79 Å². The topological polar surface area (TPSA) is 71.8 Å². The maximum Gasteiger partial charge on any atom is 0.152 e. The third-order valence-electron chi connectivity index (χ3n) is 1.84. The number of carbonyl (C=O) groups is 1. The van der Waals surface area contributed by atoms with Gasteiger partial charge < -0.3 is 5.73 Å². The number of nitrogens with two attached hydrogens (primary N) is 1. The molecule has 2 rings (SSSR count). The Morgan fingerprint density at radius 2 is 2.31 bits per heavy atom. The molecule has 4 nitrogen and oxygen atoms in total. The molecule has 0 saturated carbocycles. The number of rotatable bonds is 1. The zero-order valence-corrected chi connectivity index (χ0v) is 8.13. The number of aromatic nitrogens is 2. The highest BCUT2D eigenvalue weighted by Gasteiger charge is 2.06. The number of fused-ring (bicyclic) bond motifs is 1. The normalized spacial score (nSPS) is 10.5. The minimum absolute atomic E-state index is 0.446. The summed E-state index contributed by atoms with van der Waals surface area (Å²) in [6, 6.07) is 3.37. The lowest BCUT2D eigenvalue weighted by atomic mass is 10.1. The first-order valence-electron chi connectivity index (χ1n) is 3.60. The lowest BCUT2D eigenvalue weighted by molar-refractivity contribution is 0.112. The van der Waals surface area contributed by atoms with E-state index in [1.165, 1.54) is 0 Å². The highest BCUT2D eigenvalue weighted by atomic mass is 79.9. The second kappa shape index (κ2) is 2.85. The van der Waals surface area contributed by atoms with Crippen LogP contribution in [-0.2, 0) is 0 Å². The van der Waals surface area contributed by atoms with Crippen LogP contribution in [0.2, 0.25) is 0 Å². The van der Waals surface area contributed by atoms with Gasteiger partial charge in [-0.25, -0.2) is 0 Å². The smallest absolute Gasteiger partial charge is 0.152 e. The first-order chi connectivity index (χ1) is 6.22. The van der Waals surface area contributed by atoms with Gasteiger partial charge in [0.2, 0.25) is 0 Å². The highest BCUT2D eigenvalue weighted by Crippen LogP contribution is 2.24. The Morgan fingerprint density at radius 1 is 1.54 bits per heavy atom. The zero-order chi connectivity index (χ0) is 9.42. The molecule has 1 heterocycles. The fourth-order valence-electron chi connectivity index (χ4n) is 1.16. The Bertz CT molecular complexity index is 477. The summed E-state index contributed by atoms with van der Waals surface area (Å²) in [5, 5.41) is 7.59. The molecule has 0 atom stereocenters. The van der Waals surface area contributed by atoms with Crippen molar-refractivity contribution < 1.29 is 4.79 Å². The molecule has 0 fully saturated rings. The zero-order valence-electron chi connectivity index (χ0n) is 6.54. The number of nitrogens with zero attached hydrogens (tertiary/aromatic N) is 1. The van der Waals surface area contributed by atoms with Crippen molar-refractivity contribution in [3.8, 4) is 0 Å². The van der Waals surface area contributed by atoms with Crippen LogP contribution in [0, 0.1) is 0 Å². The van der Waals surface area contributed by atoms with Crippen molar-refractivity contribution in [3.05, 3.63) is 22.3 Å². The van der Waals surface area contributed by atoms with E-state index >= 15 is 0 Å². The molecule has 0 aliphatic carbocycles. The van der Waals surface area contributed by atoms with Gasteiger partial charge in [0.25, 0.3) is 0 Å². The molecule has 0 spiro atoms. The number of benzene rings is 1. The summed E-state index contributed by atoms with van der Waals surface area (Å²) in [5.74, 6) is 0. The van der Waals surface area contributed by atoms with Crippen molar-refractivity contribution >= 4 is 38.8 Å². The lowest BCUT2D eigenvalue weighted by Gasteiger charge is -1.96. The maximum atomic E-state index is 10.6. The van der Waals surface area contributed by atoms with Gasteiger partial charge in [-0.3, -0.25) is 9.89 Å². The number of nitrogen functional groups attached to an aromatic ring is 1. The van der Waals surface area contributed by atoms with Crippen LogP contribution in [0.5, 0.6) is 0 Å². The van der Waals surface area contributed by atoms with Gasteiger partial charge in [-0.1, -0.05) is 0 Å². The predicted molar refractivity (Wildman–Crippen MR) is 53.6 cm³/mol. The number of nitrogens with one attached hydrogen (secondary N) is 1. The Labute approximate surface area is 82.2 Å². The van der Waals surface area contributed by atoms with Crippen LogP contribution in [0.3, 0.4) is 0 Å². The van der Waals surface area contributed by atoms with E-state index in [0.717, 1.165) is 21.8 Å². The second-order valence-corrected chi connectivity index (χ2v) is 3.45. The molecule has 3 N–H and O–H groups in total. The first kappa shape index (κ1) is 8.25. The molecule has 13 heavy (non-hydrogen) atoms. The molecule has 1 aromatic heterocycles. The molecule has 0 bridgehead atoms. The van der Waals surface area contributed by atoms with E-state index in [2.05, 4.69) is 26.1 Å². The van der Waals surface area contributed by atoms with E-state index in [0.29, 0.717) is 11.3 Å². The van der Waals surface area contributed by atoms with Crippen LogP contribution in [0.4, 0.5) is 5.69 Å². The van der Waals surface area contributed by atoms with Crippen LogP contribution in [0.15, 0.2) is 16.7 Å². The fourth-order valence-corrected chi connectivity index (χ4v) is 1.57. The summed E-state index contributed by atoms with van der Waals surface area (Å²) >= 11 is 3.28. The van der Waals surface area contributed by atoms with Gasteiger partial charge >= 0.3 is 0 Å². The van der Waals surface area contributed by atoms with Crippen LogP contribution >= 0.6 is 15.9 Å². The summed E-state index contributed by atoms with van der Waals surface area (Å²) in [7, 11) is 0. The molecular formula is C8H6BrN3O. The molecule has 1 aromatic carbocycles. The van der Waals surface area contributed by atoms with Gasteiger partial charge in [0.05, 0.1) is 5.52 Å². The van der Waals surface area contributed by atoms with E-state index in [1.807, 2.05) is 0 Å². The van der Waals surface area contributed by atoms with Crippen LogP contribution in [0.25, 0.3) is 10.9 Å². The molecule has 0 saturated heterocycles. The number of aldehydes is 1. The largest absolute Gasteiger partial charge is 0.398 e. The summed E-state index contributed by atoms with van der Waals surface area (Å²) in [6.07, 6.45) is 0.730. The molecule has 66 valence electrons. The number of hydrogen-bond acceptors (Lipinski definition) is 3. The average Bonchev–Trinajstić information content (AvgIpc) is 2.46. The standard InChI is InChI=1S/C8H6BrN3O/c9-8-5-1-4(3-13)6(10)2-7(5)11-12-8/h1-3H,10H2,(H,11,12). The quantitative estimate of drug-likeness (QED) is 0.588. The molecular weight excluding hydrogens is 234 g/mol. The minimum atomic E-state index is 0.446. The van der Waals surface area contributed by atoms with Gasteiger partial charge in [0, 0.05) is 16.6 Å². The number of halogens is 1. The van der Waals surface area contributed by atoms with Gasteiger partial charge in [-0.15, -0.1) is 0 Å². The molecule has 5 heteroatoms. The van der Waals surface area contributed by atoms with Gasteiger partial charge in [0.15, 0.2) is 6.29 Å². The third-order valence-corrected chi connectivity index (χ3v) is 2.44. The number of aromatic amines is 1. The third kappa shape index (κ3) is 1.21. The maximum absolute atomic E-state index is 10.6. The molecule has 0 radical (unpaired) electrons. The van der Waals surface area contributed by atoms with Crippen LogP contribution in [0.1, 0.15) is 10.4 Å². The molecule has 0 aliphatic rings. The monoisotopic (exact) mass is 239 g/mol. The first-order valence-corrected chi connectivity index (χ1v) is 4.40. The number of H-pyrrole nitrogens is 1. The number of hydrogen-bond donors (Lipinski definition) is 2. The molecule has 0 aliphatic heterocycles. The van der Waals surface area contributed by atoms with E-state index in [1.54, 1.807) is 12.1 Å². The van der Waals surface area contributed by atoms with Crippen molar-refractivity contribution in [1.82, 2.24) is 10.2 Å². The van der Waals surface area contributed by atoms with Gasteiger partial charge in [0.1, 0.15) is 4.60 Å². The molecule has 0 amide bonds. The van der Waals surface area contributed by atoms with Crippen molar-refractivity contribution in [3.63, 3.8) is 0 Å². The minimum Gasteiger partial charge on any atom is -0.398 e. The molecule has 2 aromatic rings. The van der Waals surface area contributed by atoms with E-state index < -0.39 is 0 Å². The van der Waals surface area contributed by atoms with Gasteiger partial charge in [-0.2, -0.15) is 5.10 Å². The highest BCUT2D eigenvalue weighted by molar-refractivity contribution is 9.10. The summed E-state index contributed by atoms with van der Waals surface area (Å²) in [5.41, 5.74) is 7.28.